The van der Waals surface area contributed by atoms with Gasteiger partial charge in [0, 0.05) is 6.04 Å². The summed E-state index contributed by atoms with van der Waals surface area (Å²) >= 11 is 1.94. The van der Waals surface area contributed by atoms with Crippen molar-refractivity contribution in [3.05, 3.63) is 35.4 Å². The highest BCUT2D eigenvalue weighted by molar-refractivity contribution is 7.98. The van der Waals surface area contributed by atoms with Crippen LogP contribution in [-0.4, -0.2) is 24.6 Å². The number of hydrogen-bond donors (Lipinski definition) is 1. The predicted molar refractivity (Wildman–Crippen MR) is 77.9 cm³/mol. The van der Waals surface area contributed by atoms with Gasteiger partial charge in [0.1, 0.15) is 0 Å². The third-order valence-electron chi connectivity index (χ3n) is 3.61. The van der Waals surface area contributed by atoms with E-state index >= 15 is 0 Å². The van der Waals surface area contributed by atoms with E-state index in [2.05, 4.69) is 42.8 Å². The molecular weight excluding hydrogens is 226 g/mol. The molecule has 0 aliphatic heterocycles. The molecule has 17 heavy (non-hydrogen) atoms. The zero-order valence-electron chi connectivity index (χ0n) is 10.9. The van der Waals surface area contributed by atoms with Crippen molar-refractivity contribution < 1.29 is 0 Å². The van der Waals surface area contributed by atoms with Gasteiger partial charge in [-0.3, -0.25) is 0 Å². The highest BCUT2D eigenvalue weighted by Gasteiger charge is 2.29. The standard InChI is InChI=1S/C15H23NS/c1-12-5-3-6-13(9-12)14-10-15(11-14)16-7-4-8-17-2/h3,5-6,9,14-16H,4,7-8,10-11H2,1-2H3. The van der Waals surface area contributed by atoms with E-state index in [1.54, 1.807) is 0 Å². The first-order valence-electron chi connectivity index (χ1n) is 6.58. The average molecular weight is 249 g/mol. The Morgan fingerprint density at radius 3 is 2.88 bits per heavy atom. The van der Waals surface area contributed by atoms with Crippen LogP contribution < -0.4 is 5.32 Å². The highest BCUT2D eigenvalue weighted by atomic mass is 32.2. The molecule has 1 nitrogen and oxygen atoms in total. The SMILES string of the molecule is CSCCCNC1CC(c2cccc(C)c2)C1. The van der Waals surface area contributed by atoms with E-state index in [0.29, 0.717) is 0 Å². The molecule has 0 amide bonds. The maximum absolute atomic E-state index is 3.65. The predicted octanol–water partition coefficient (Wildman–Crippen LogP) is 3.58. The molecule has 1 aliphatic rings. The molecule has 0 heterocycles. The molecule has 0 aromatic heterocycles. The van der Waals surface area contributed by atoms with Crippen molar-refractivity contribution >= 4 is 11.8 Å². The number of thioether (sulfide) groups is 1. The third-order valence-corrected chi connectivity index (χ3v) is 4.31. The molecule has 1 aromatic carbocycles. The smallest absolute Gasteiger partial charge is 0.00787 e. The van der Waals surface area contributed by atoms with Crippen LogP contribution in [0.5, 0.6) is 0 Å². The summed E-state index contributed by atoms with van der Waals surface area (Å²) in [5.41, 5.74) is 2.92. The second kappa shape index (κ2) is 6.46. The van der Waals surface area contributed by atoms with Crippen LogP contribution in [-0.2, 0) is 0 Å². The van der Waals surface area contributed by atoms with E-state index in [-0.39, 0.29) is 0 Å². The molecule has 1 saturated carbocycles. The van der Waals surface area contributed by atoms with Crippen LogP contribution in [0.1, 0.15) is 36.3 Å². The summed E-state index contributed by atoms with van der Waals surface area (Å²) in [7, 11) is 0. The van der Waals surface area contributed by atoms with Crippen molar-refractivity contribution in [2.75, 3.05) is 18.6 Å². The molecular formula is C15H23NS. The lowest BCUT2D eigenvalue weighted by atomic mass is 9.75. The molecule has 1 aliphatic carbocycles. The van der Waals surface area contributed by atoms with Crippen molar-refractivity contribution in [3.8, 4) is 0 Å². The van der Waals surface area contributed by atoms with E-state index in [1.807, 2.05) is 11.8 Å². The molecule has 1 fully saturated rings. The molecule has 1 aromatic rings. The lowest BCUT2D eigenvalue weighted by Crippen LogP contribution is -2.40. The lowest BCUT2D eigenvalue weighted by Gasteiger charge is -2.36. The van der Waals surface area contributed by atoms with Crippen molar-refractivity contribution in [2.45, 2.75) is 38.1 Å². The van der Waals surface area contributed by atoms with Gasteiger partial charge in [-0.1, -0.05) is 29.8 Å². The minimum absolute atomic E-state index is 0.766. The molecule has 2 heteroatoms. The minimum Gasteiger partial charge on any atom is -0.314 e. The van der Waals surface area contributed by atoms with Crippen LogP contribution in [0.2, 0.25) is 0 Å². The van der Waals surface area contributed by atoms with E-state index in [1.165, 1.54) is 42.7 Å². The van der Waals surface area contributed by atoms with Gasteiger partial charge in [0.15, 0.2) is 0 Å². The number of nitrogens with one attached hydrogen (secondary N) is 1. The first kappa shape index (κ1) is 13.0. The van der Waals surface area contributed by atoms with Crippen LogP contribution in [0.15, 0.2) is 24.3 Å². The Balaban J connectivity index is 1.68. The Kier molecular flexibility index (Phi) is 4.93. The van der Waals surface area contributed by atoms with Crippen LogP contribution in [0.4, 0.5) is 0 Å². The zero-order chi connectivity index (χ0) is 12.1. The quantitative estimate of drug-likeness (QED) is 0.773. The Labute approximate surface area is 109 Å². The van der Waals surface area contributed by atoms with Gasteiger partial charge in [-0.05, 0) is 56.2 Å². The number of rotatable bonds is 6. The van der Waals surface area contributed by atoms with Gasteiger partial charge < -0.3 is 5.32 Å². The molecule has 0 saturated heterocycles. The second-order valence-electron chi connectivity index (χ2n) is 5.08. The van der Waals surface area contributed by atoms with Crippen molar-refractivity contribution in [1.82, 2.24) is 5.32 Å². The fraction of sp³-hybridized carbons (Fsp3) is 0.600. The van der Waals surface area contributed by atoms with Crippen LogP contribution >= 0.6 is 11.8 Å². The largest absolute Gasteiger partial charge is 0.314 e. The fourth-order valence-electron chi connectivity index (χ4n) is 2.50. The van der Waals surface area contributed by atoms with Crippen LogP contribution in [0, 0.1) is 6.92 Å². The molecule has 0 spiro atoms. The van der Waals surface area contributed by atoms with Crippen molar-refractivity contribution in [1.29, 1.82) is 0 Å². The van der Waals surface area contributed by atoms with Gasteiger partial charge in [0.05, 0.1) is 0 Å². The lowest BCUT2D eigenvalue weighted by molar-refractivity contribution is 0.292. The summed E-state index contributed by atoms with van der Waals surface area (Å²) in [4.78, 5) is 0. The molecule has 2 rings (SSSR count). The van der Waals surface area contributed by atoms with E-state index in [9.17, 15) is 0 Å². The summed E-state index contributed by atoms with van der Waals surface area (Å²) in [6, 6.07) is 9.75. The average Bonchev–Trinajstić information content (AvgIpc) is 2.26. The molecule has 94 valence electrons. The maximum Gasteiger partial charge on any atom is 0.00787 e. The Bertz CT molecular complexity index is 345. The Morgan fingerprint density at radius 1 is 1.35 bits per heavy atom. The van der Waals surface area contributed by atoms with Gasteiger partial charge >= 0.3 is 0 Å². The Morgan fingerprint density at radius 2 is 2.18 bits per heavy atom. The van der Waals surface area contributed by atoms with E-state index < -0.39 is 0 Å². The molecule has 0 atom stereocenters. The van der Waals surface area contributed by atoms with Gasteiger partial charge in [0.25, 0.3) is 0 Å². The van der Waals surface area contributed by atoms with Gasteiger partial charge in [-0.15, -0.1) is 0 Å². The number of aryl methyl sites for hydroxylation is 1. The molecule has 0 radical (unpaired) electrons. The third kappa shape index (κ3) is 3.75. The summed E-state index contributed by atoms with van der Waals surface area (Å²) in [5, 5.41) is 3.65. The molecule has 1 N–H and O–H groups in total. The topological polar surface area (TPSA) is 12.0 Å². The highest BCUT2D eigenvalue weighted by Crippen LogP contribution is 2.36. The van der Waals surface area contributed by atoms with Crippen molar-refractivity contribution in [3.63, 3.8) is 0 Å². The Hall–Kier alpha value is -0.470. The van der Waals surface area contributed by atoms with Crippen molar-refractivity contribution in [2.24, 2.45) is 0 Å². The van der Waals surface area contributed by atoms with E-state index in [4.69, 9.17) is 0 Å². The summed E-state index contributed by atoms with van der Waals surface area (Å²) in [6.07, 6.45) is 6.12. The molecule has 0 bridgehead atoms. The van der Waals surface area contributed by atoms with Crippen LogP contribution in [0.25, 0.3) is 0 Å². The maximum atomic E-state index is 3.65. The summed E-state index contributed by atoms with van der Waals surface area (Å²) < 4.78 is 0. The minimum atomic E-state index is 0.766. The molecule has 0 unspecified atom stereocenters. The van der Waals surface area contributed by atoms with Gasteiger partial charge in [-0.2, -0.15) is 11.8 Å². The van der Waals surface area contributed by atoms with Gasteiger partial charge in [0.2, 0.25) is 0 Å². The summed E-state index contributed by atoms with van der Waals surface area (Å²) in [6.45, 7) is 3.37. The normalized spacial score (nSPS) is 23.4. The van der Waals surface area contributed by atoms with E-state index in [0.717, 1.165) is 12.0 Å². The first-order chi connectivity index (χ1) is 8.29. The number of benzene rings is 1. The van der Waals surface area contributed by atoms with Gasteiger partial charge in [-0.25, -0.2) is 0 Å². The summed E-state index contributed by atoms with van der Waals surface area (Å²) in [5.74, 6) is 2.08. The van der Waals surface area contributed by atoms with Crippen LogP contribution in [0.3, 0.4) is 0 Å². The monoisotopic (exact) mass is 249 g/mol. The zero-order valence-corrected chi connectivity index (χ0v) is 11.7. The second-order valence-corrected chi connectivity index (χ2v) is 6.07. The number of hydrogen-bond acceptors (Lipinski definition) is 2. The fourth-order valence-corrected chi connectivity index (χ4v) is 2.94. The first-order valence-corrected chi connectivity index (χ1v) is 7.98.